The van der Waals surface area contributed by atoms with Gasteiger partial charge in [-0.15, -0.1) is 11.8 Å². The molecule has 0 unspecified atom stereocenters. The zero-order valence-corrected chi connectivity index (χ0v) is 15.1. The summed E-state index contributed by atoms with van der Waals surface area (Å²) in [5.74, 6) is -1.59. The van der Waals surface area contributed by atoms with Crippen molar-refractivity contribution in [1.82, 2.24) is 9.55 Å². The van der Waals surface area contributed by atoms with Gasteiger partial charge in [0, 0.05) is 27.0 Å². The normalized spacial score (nSPS) is 24.8. The third-order valence-electron chi connectivity index (χ3n) is 3.43. The number of hydrogen-bond acceptors (Lipinski definition) is 8. The Kier molecular flexibility index (Phi) is 6.35. The van der Waals surface area contributed by atoms with Crippen molar-refractivity contribution in [3.8, 4) is 0 Å². The van der Waals surface area contributed by atoms with Crippen LogP contribution in [0.5, 0.6) is 0 Å². The Balaban J connectivity index is 2.25. The predicted octanol–water partition coefficient (Wildman–Crippen LogP) is 0.649. The summed E-state index contributed by atoms with van der Waals surface area (Å²) in [5, 5.41) is 0.662. The van der Waals surface area contributed by atoms with Crippen molar-refractivity contribution in [3.63, 3.8) is 0 Å². The van der Waals surface area contributed by atoms with Crippen molar-refractivity contribution in [1.29, 1.82) is 0 Å². The Labute approximate surface area is 152 Å². The Hall–Kier alpha value is -2.43. The number of nitrogens with zero attached hydrogens (tertiary/aromatic N) is 2. The van der Waals surface area contributed by atoms with Crippen LogP contribution in [0.3, 0.4) is 0 Å². The molecule has 9 nitrogen and oxygen atoms in total. The molecule has 0 radical (unpaired) electrons. The number of alkyl halides is 1. The summed E-state index contributed by atoms with van der Waals surface area (Å²) in [6.45, 7) is 3.45. The number of carbonyl (C=O) groups is 3. The summed E-state index contributed by atoms with van der Waals surface area (Å²) in [6.07, 6.45) is -1.59. The molecule has 0 saturated carbocycles. The standard InChI is InChI=1S/C15H18FN3O6S/c1-7(20)17-11-4-5-19(15(23)18-11)14-12(16)13(25-9(3)22)10(26-14)6-24-8(2)21/h4-5,10,12-14H,6H2,1-3H3,(H,17,18,20,23)/t10-,12+,13-,14-/m1/s1. The van der Waals surface area contributed by atoms with Crippen LogP contribution in [-0.4, -0.2) is 51.5 Å². The zero-order chi connectivity index (χ0) is 19.4. The molecule has 0 aliphatic carbocycles. The van der Waals surface area contributed by atoms with Gasteiger partial charge in [0.1, 0.15) is 17.8 Å². The second-order valence-corrected chi connectivity index (χ2v) is 6.93. The molecule has 0 spiro atoms. The van der Waals surface area contributed by atoms with Gasteiger partial charge in [-0.3, -0.25) is 19.0 Å². The van der Waals surface area contributed by atoms with Gasteiger partial charge in [0.25, 0.3) is 0 Å². The van der Waals surface area contributed by atoms with Crippen LogP contribution >= 0.6 is 11.8 Å². The average Bonchev–Trinajstić information content (AvgIpc) is 2.81. The fourth-order valence-corrected chi connectivity index (χ4v) is 3.90. The lowest BCUT2D eigenvalue weighted by molar-refractivity contribution is -0.151. The van der Waals surface area contributed by atoms with Crippen LogP contribution in [0.1, 0.15) is 26.1 Å². The minimum absolute atomic E-state index is 0.0464. The average molecular weight is 387 g/mol. The molecule has 1 aliphatic heterocycles. The fraction of sp³-hybridized carbons (Fsp3) is 0.533. The monoisotopic (exact) mass is 387 g/mol. The highest BCUT2D eigenvalue weighted by Crippen LogP contribution is 2.44. The van der Waals surface area contributed by atoms with E-state index >= 15 is 0 Å². The van der Waals surface area contributed by atoms with E-state index in [1.165, 1.54) is 26.1 Å². The molecule has 142 valence electrons. The number of ether oxygens (including phenoxy) is 2. The van der Waals surface area contributed by atoms with Crippen molar-refractivity contribution in [2.45, 2.75) is 43.7 Å². The van der Waals surface area contributed by atoms with Crippen molar-refractivity contribution in [2.75, 3.05) is 11.9 Å². The van der Waals surface area contributed by atoms with Crippen LogP contribution in [0.4, 0.5) is 10.2 Å². The Morgan fingerprint density at radius 2 is 2.00 bits per heavy atom. The number of thioether (sulfide) groups is 1. The number of rotatable bonds is 5. The van der Waals surface area contributed by atoms with Crippen LogP contribution in [0.15, 0.2) is 17.1 Å². The minimum Gasteiger partial charge on any atom is -0.465 e. The first kappa shape index (κ1) is 19.9. The maximum Gasteiger partial charge on any atom is 0.350 e. The summed E-state index contributed by atoms with van der Waals surface area (Å²) in [4.78, 5) is 49.2. The van der Waals surface area contributed by atoms with Gasteiger partial charge in [0.15, 0.2) is 12.3 Å². The smallest absolute Gasteiger partial charge is 0.350 e. The lowest BCUT2D eigenvalue weighted by Crippen LogP contribution is -2.37. The largest absolute Gasteiger partial charge is 0.465 e. The summed E-state index contributed by atoms with van der Waals surface area (Å²) < 4.78 is 25.8. The number of amides is 1. The van der Waals surface area contributed by atoms with E-state index < -0.39 is 46.4 Å². The highest BCUT2D eigenvalue weighted by atomic mass is 32.2. The number of nitrogens with one attached hydrogen (secondary N) is 1. The minimum atomic E-state index is -1.71. The molecule has 0 bridgehead atoms. The first-order valence-electron chi connectivity index (χ1n) is 7.66. The van der Waals surface area contributed by atoms with Gasteiger partial charge in [-0.05, 0) is 6.07 Å². The number of hydrogen-bond donors (Lipinski definition) is 1. The van der Waals surface area contributed by atoms with Crippen molar-refractivity contribution < 1.29 is 28.2 Å². The van der Waals surface area contributed by atoms with E-state index in [1.807, 2.05) is 0 Å². The molecule has 2 rings (SSSR count). The fourth-order valence-electron chi connectivity index (χ4n) is 2.44. The third-order valence-corrected chi connectivity index (χ3v) is 4.95. The molecule has 2 heterocycles. The van der Waals surface area contributed by atoms with Crippen molar-refractivity contribution in [2.24, 2.45) is 0 Å². The molecule has 1 fully saturated rings. The SMILES string of the molecule is CC(=O)Nc1ccn([C@@H]2S[C@H](COC(C)=O)[C@@H](OC(C)=O)[C@@H]2F)c(=O)n1. The molecule has 11 heteroatoms. The molecular weight excluding hydrogens is 369 g/mol. The summed E-state index contributed by atoms with van der Waals surface area (Å²) in [7, 11) is 0. The zero-order valence-electron chi connectivity index (χ0n) is 14.3. The van der Waals surface area contributed by atoms with Crippen molar-refractivity contribution >= 4 is 35.4 Å². The van der Waals surface area contributed by atoms with Gasteiger partial charge in [-0.2, -0.15) is 4.98 Å². The van der Waals surface area contributed by atoms with E-state index in [4.69, 9.17) is 9.47 Å². The van der Waals surface area contributed by atoms with Gasteiger partial charge in [0.2, 0.25) is 5.91 Å². The summed E-state index contributed by atoms with van der Waals surface area (Å²) in [6, 6.07) is 1.36. The maximum absolute atomic E-state index is 14.9. The van der Waals surface area contributed by atoms with Gasteiger partial charge in [-0.25, -0.2) is 9.18 Å². The third kappa shape index (κ3) is 4.81. The second kappa shape index (κ2) is 8.30. The number of esters is 2. The molecule has 1 amide bonds. The van der Waals surface area contributed by atoms with Gasteiger partial charge >= 0.3 is 17.6 Å². The number of halogens is 1. The molecule has 1 aliphatic rings. The van der Waals surface area contributed by atoms with Gasteiger partial charge in [0.05, 0.1) is 5.25 Å². The van der Waals surface area contributed by atoms with Crippen molar-refractivity contribution in [3.05, 3.63) is 22.7 Å². The molecule has 0 aromatic carbocycles. The molecular formula is C15H18FN3O6S. The Morgan fingerprint density at radius 1 is 1.31 bits per heavy atom. The van der Waals surface area contributed by atoms with E-state index in [2.05, 4.69) is 10.3 Å². The molecule has 1 aromatic heterocycles. The van der Waals surface area contributed by atoms with E-state index in [1.54, 1.807) is 0 Å². The Bertz CT molecular complexity index is 770. The van der Waals surface area contributed by atoms with E-state index in [-0.39, 0.29) is 12.4 Å². The Morgan fingerprint density at radius 3 is 2.54 bits per heavy atom. The van der Waals surface area contributed by atoms with Gasteiger partial charge < -0.3 is 14.8 Å². The lowest BCUT2D eigenvalue weighted by Gasteiger charge is -2.19. The second-order valence-electron chi connectivity index (χ2n) is 5.57. The molecule has 26 heavy (non-hydrogen) atoms. The topological polar surface area (TPSA) is 117 Å². The highest BCUT2D eigenvalue weighted by molar-refractivity contribution is 8.00. The predicted molar refractivity (Wildman–Crippen MR) is 90.3 cm³/mol. The number of aromatic nitrogens is 2. The lowest BCUT2D eigenvalue weighted by atomic mass is 10.1. The van der Waals surface area contributed by atoms with Gasteiger partial charge in [-0.1, -0.05) is 0 Å². The first-order valence-corrected chi connectivity index (χ1v) is 8.60. The van der Waals surface area contributed by atoms with Crippen LogP contribution in [0, 0.1) is 0 Å². The highest BCUT2D eigenvalue weighted by Gasteiger charge is 2.48. The van der Waals surface area contributed by atoms with E-state index in [0.29, 0.717) is 0 Å². The quantitative estimate of drug-likeness (QED) is 0.732. The van der Waals surface area contributed by atoms with Crippen LogP contribution in [0.2, 0.25) is 0 Å². The molecule has 1 N–H and O–H groups in total. The maximum atomic E-state index is 14.9. The summed E-state index contributed by atoms with van der Waals surface area (Å²) >= 11 is 1.00. The number of anilines is 1. The van der Waals surface area contributed by atoms with E-state index in [0.717, 1.165) is 23.3 Å². The molecule has 4 atom stereocenters. The first-order chi connectivity index (χ1) is 12.2. The van der Waals surface area contributed by atoms with Crippen LogP contribution in [-0.2, 0) is 23.9 Å². The number of carbonyl (C=O) groups excluding carboxylic acids is 3. The van der Waals surface area contributed by atoms with Crippen LogP contribution in [0.25, 0.3) is 0 Å². The molecule has 1 aromatic rings. The molecule has 1 saturated heterocycles. The van der Waals surface area contributed by atoms with E-state index in [9.17, 15) is 23.6 Å². The summed E-state index contributed by atoms with van der Waals surface area (Å²) in [5.41, 5.74) is -0.772. The van der Waals surface area contributed by atoms with Crippen LogP contribution < -0.4 is 11.0 Å².